The Hall–Kier alpha value is -3.71. The third kappa shape index (κ3) is 3.22. The molecule has 32 heavy (non-hydrogen) atoms. The summed E-state index contributed by atoms with van der Waals surface area (Å²) in [5.74, 6) is -1.70. The molecule has 1 aliphatic heterocycles. The van der Waals surface area contributed by atoms with Gasteiger partial charge in [0, 0.05) is 27.9 Å². The number of aryl methyl sites for hydroxylation is 1. The predicted octanol–water partition coefficient (Wildman–Crippen LogP) is 5.68. The van der Waals surface area contributed by atoms with Gasteiger partial charge in [-0.2, -0.15) is 0 Å². The maximum atomic E-state index is 13.6. The van der Waals surface area contributed by atoms with Gasteiger partial charge in [0.05, 0.1) is 11.6 Å². The normalized spacial score (nSPS) is 16.2. The van der Waals surface area contributed by atoms with Crippen LogP contribution in [0.1, 0.15) is 27.7 Å². The van der Waals surface area contributed by atoms with Crippen molar-refractivity contribution in [2.45, 2.75) is 13.0 Å². The third-order valence-electron chi connectivity index (χ3n) is 5.55. The van der Waals surface area contributed by atoms with E-state index in [1.807, 2.05) is 37.3 Å². The van der Waals surface area contributed by atoms with E-state index in [1.54, 1.807) is 42.7 Å². The third-order valence-corrected chi connectivity index (χ3v) is 6.04. The predicted molar refractivity (Wildman–Crippen MR) is 124 cm³/mol. The van der Waals surface area contributed by atoms with Crippen molar-refractivity contribution in [3.05, 3.63) is 106 Å². The molecular formula is C25H17BrN2O4. The van der Waals surface area contributed by atoms with E-state index >= 15 is 0 Å². The minimum absolute atomic E-state index is 0.0254. The molecule has 0 aliphatic carbocycles. The van der Waals surface area contributed by atoms with Crippen LogP contribution in [-0.4, -0.2) is 21.8 Å². The van der Waals surface area contributed by atoms with E-state index in [1.165, 1.54) is 4.90 Å². The molecule has 5 rings (SSSR count). The maximum absolute atomic E-state index is 13.6. The van der Waals surface area contributed by atoms with Crippen LogP contribution in [0.3, 0.4) is 0 Å². The van der Waals surface area contributed by atoms with Crippen LogP contribution in [0.4, 0.5) is 5.69 Å². The van der Waals surface area contributed by atoms with Crippen LogP contribution < -0.4 is 4.90 Å². The van der Waals surface area contributed by atoms with E-state index in [9.17, 15) is 14.7 Å². The monoisotopic (exact) mass is 488 g/mol. The van der Waals surface area contributed by atoms with E-state index in [2.05, 4.69) is 20.9 Å². The lowest BCUT2D eigenvalue weighted by atomic mass is 9.95. The second-order valence-corrected chi connectivity index (χ2v) is 8.44. The first kappa shape index (κ1) is 20.2. The summed E-state index contributed by atoms with van der Waals surface area (Å²) < 4.78 is 6.62. The zero-order valence-corrected chi connectivity index (χ0v) is 18.5. The van der Waals surface area contributed by atoms with Crippen molar-refractivity contribution in [3.63, 3.8) is 0 Å². The molecule has 1 N–H and O–H groups in total. The molecule has 2 aromatic carbocycles. The zero-order valence-electron chi connectivity index (χ0n) is 16.9. The molecule has 0 bridgehead atoms. The fourth-order valence-corrected chi connectivity index (χ4v) is 4.42. The van der Waals surface area contributed by atoms with Gasteiger partial charge in [-0.1, -0.05) is 34.1 Å². The fourth-order valence-electron chi connectivity index (χ4n) is 4.04. The molecule has 1 atom stereocenters. The van der Waals surface area contributed by atoms with Crippen molar-refractivity contribution in [1.82, 2.24) is 4.98 Å². The number of anilines is 1. The van der Waals surface area contributed by atoms with Crippen LogP contribution in [0, 0.1) is 6.92 Å². The van der Waals surface area contributed by atoms with Gasteiger partial charge in [-0.25, -0.2) is 0 Å². The van der Waals surface area contributed by atoms with Gasteiger partial charge in [0.15, 0.2) is 11.5 Å². The number of fused-ring (bicyclic) bond motifs is 1. The lowest BCUT2D eigenvalue weighted by Gasteiger charge is -2.27. The Labute approximate surface area is 191 Å². The number of carbonyl (C=O) groups excluding carboxylic acids is 2. The molecule has 4 aromatic rings. The number of carbonyl (C=O) groups is 2. The Kier molecular flexibility index (Phi) is 4.90. The van der Waals surface area contributed by atoms with E-state index in [-0.39, 0.29) is 11.3 Å². The van der Waals surface area contributed by atoms with Crippen molar-refractivity contribution >= 4 is 44.3 Å². The van der Waals surface area contributed by atoms with Crippen LogP contribution in [-0.2, 0) is 4.79 Å². The second kappa shape index (κ2) is 7.76. The van der Waals surface area contributed by atoms with Crippen molar-refractivity contribution in [3.8, 4) is 0 Å². The summed E-state index contributed by atoms with van der Waals surface area (Å²) >= 11 is 3.41. The number of Topliss-reactive ketones (excluding diaryl/α,β-unsaturated/α-hetero) is 1. The smallest absolute Gasteiger partial charge is 0.294 e. The van der Waals surface area contributed by atoms with E-state index in [0.29, 0.717) is 16.8 Å². The van der Waals surface area contributed by atoms with Crippen molar-refractivity contribution in [2.24, 2.45) is 0 Å². The zero-order chi connectivity index (χ0) is 22.4. The molecule has 1 unspecified atom stereocenters. The molecule has 0 spiro atoms. The Morgan fingerprint density at radius 2 is 1.84 bits per heavy atom. The van der Waals surface area contributed by atoms with E-state index in [0.717, 1.165) is 15.4 Å². The second-order valence-electron chi connectivity index (χ2n) is 7.53. The first-order valence-electron chi connectivity index (χ1n) is 9.91. The Balaban J connectivity index is 1.67. The highest BCUT2D eigenvalue weighted by molar-refractivity contribution is 9.10. The average molecular weight is 489 g/mol. The number of pyridine rings is 1. The SMILES string of the molecule is Cc1ccccc1N1C(=O)C(O)=C(C(=O)c2cc3cc(Br)ccc3o2)C1c1ccncc1. The van der Waals surface area contributed by atoms with Gasteiger partial charge in [0.1, 0.15) is 5.58 Å². The fraction of sp³-hybridized carbons (Fsp3) is 0.0800. The number of aliphatic hydroxyl groups excluding tert-OH is 1. The summed E-state index contributed by atoms with van der Waals surface area (Å²) in [6, 6.07) is 17.0. The Bertz CT molecular complexity index is 1410. The molecule has 1 aliphatic rings. The van der Waals surface area contributed by atoms with Crippen molar-refractivity contribution in [2.75, 3.05) is 4.90 Å². The molecule has 3 heterocycles. The Morgan fingerprint density at radius 1 is 1.09 bits per heavy atom. The van der Waals surface area contributed by atoms with Crippen LogP contribution in [0.25, 0.3) is 11.0 Å². The van der Waals surface area contributed by atoms with Gasteiger partial charge < -0.3 is 9.52 Å². The topological polar surface area (TPSA) is 83.6 Å². The molecule has 6 nitrogen and oxygen atoms in total. The summed E-state index contributed by atoms with van der Waals surface area (Å²) in [6.07, 6.45) is 3.18. The number of ketones is 1. The molecule has 0 radical (unpaired) electrons. The summed E-state index contributed by atoms with van der Waals surface area (Å²) in [6.45, 7) is 1.88. The summed E-state index contributed by atoms with van der Waals surface area (Å²) in [5, 5.41) is 11.6. The van der Waals surface area contributed by atoms with Gasteiger partial charge in [0.25, 0.3) is 5.91 Å². The number of aliphatic hydroxyl groups is 1. The van der Waals surface area contributed by atoms with Crippen LogP contribution >= 0.6 is 15.9 Å². The lowest BCUT2D eigenvalue weighted by Crippen LogP contribution is -2.31. The summed E-state index contributed by atoms with van der Waals surface area (Å²) in [5.41, 5.74) is 2.62. The van der Waals surface area contributed by atoms with Gasteiger partial charge in [-0.05, 0) is 60.5 Å². The van der Waals surface area contributed by atoms with Gasteiger partial charge in [0.2, 0.25) is 5.78 Å². The number of hydrogen-bond acceptors (Lipinski definition) is 5. The molecule has 7 heteroatoms. The van der Waals surface area contributed by atoms with E-state index < -0.39 is 23.5 Å². The molecule has 0 fully saturated rings. The number of nitrogens with zero attached hydrogens (tertiary/aromatic N) is 2. The number of amides is 1. The molecule has 158 valence electrons. The summed E-state index contributed by atoms with van der Waals surface area (Å²) in [4.78, 5) is 32.3. The summed E-state index contributed by atoms with van der Waals surface area (Å²) in [7, 11) is 0. The first-order valence-corrected chi connectivity index (χ1v) is 10.7. The highest BCUT2D eigenvalue weighted by Gasteiger charge is 2.45. The molecule has 0 saturated carbocycles. The van der Waals surface area contributed by atoms with E-state index in [4.69, 9.17) is 4.42 Å². The molecular weight excluding hydrogens is 472 g/mol. The number of hydrogen-bond donors (Lipinski definition) is 1. The number of aromatic nitrogens is 1. The average Bonchev–Trinajstić information content (AvgIpc) is 3.33. The minimum Gasteiger partial charge on any atom is -0.503 e. The molecule has 1 amide bonds. The van der Waals surface area contributed by atoms with Crippen LogP contribution in [0.15, 0.2) is 93.3 Å². The standard InChI is InChI=1S/C25H17BrN2O4/c1-14-4-2-3-5-18(14)28-22(15-8-10-27-11-9-15)21(24(30)25(28)31)23(29)20-13-16-12-17(26)6-7-19(16)32-20/h2-13,22,30H,1H3. The highest BCUT2D eigenvalue weighted by atomic mass is 79.9. The van der Waals surface area contributed by atoms with Crippen LogP contribution in [0.2, 0.25) is 0 Å². The number of rotatable bonds is 4. The largest absolute Gasteiger partial charge is 0.503 e. The van der Waals surface area contributed by atoms with Gasteiger partial charge in [-0.15, -0.1) is 0 Å². The molecule has 2 aromatic heterocycles. The number of furan rings is 1. The van der Waals surface area contributed by atoms with Crippen molar-refractivity contribution < 1.29 is 19.1 Å². The lowest BCUT2D eigenvalue weighted by molar-refractivity contribution is -0.117. The van der Waals surface area contributed by atoms with Crippen LogP contribution in [0.5, 0.6) is 0 Å². The Morgan fingerprint density at radius 3 is 2.59 bits per heavy atom. The number of para-hydroxylation sites is 1. The highest BCUT2D eigenvalue weighted by Crippen LogP contribution is 2.43. The number of benzene rings is 2. The first-order chi connectivity index (χ1) is 15.5. The minimum atomic E-state index is -0.820. The van der Waals surface area contributed by atoms with Gasteiger partial charge in [-0.3, -0.25) is 19.5 Å². The number of halogens is 1. The maximum Gasteiger partial charge on any atom is 0.294 e. The molecule has 0 saturated heterocycles. The quantitative estimate of drug-likeness (QED) is 0.373. The van der Waals surface area contributed by atoms with Gasteiger partial charge >= 0.3 is 0 Å². The van der Waals surface area contributed by atoms with Crippen molar-refractivity contribution in [1.29, 1.82) is 0 Å².